The fraction of sp³-hybridized carbons (Fsp3) is 0.500. The summed E-state index contributed by atoms with van der Waals surface area (Å²) in [4.78, 5) is 6.71. The highest BCUT2D eigenvalue weighted by Crippen LogP contribution is 2.17. The zero-order valence-corrected chi connectivity index (χ0v) is 13.3. The van der Waals surface area contributed by atoms with E-state index in [2.05, 4.69) is 40.2 Å². The molecule has 2 rings (SSSR count). The molecule has 1 aromatic carbocycles. The van der Waals surface area contributed by atoms with Gasteiger partial charge in [0, 0.05) is 25.6 Å². The second-order valence-corrected chi connectivity index (χ2v) is 5.48. The van der Waals surface area contributed by atoms with E-state index < -0.39 is 0 Å². The Hall–Kier alpha value is -1.99. The Morgan fingerprint density at radius 2 is 2.27 bits per heavy atom. The predicted molar refractivity (Wildman–Crippen MR) is 90.6 cm³/mol. The van der Waals surface area contributed by atoms with Gasteiger partial charge < -0.3 is 15.0 Å². The van der Waals surface area contributed by atoms with Gasteiger partial charge in [-0.3, -0.25) is 0 Å². The second-order valence-electron chi connectivity index (χ2n) is 5.48. The van der Waals surface area contributed by atoms with Crippen molar-refractivity contribution in [1.82, 2.24) is 10.2 Å². The number of hydrogen-bond acceptors (Lipinski definition) is 2. The zero-order valence-electron chi connectivity index (χ0n) is 13.3. The van der Waals surface area contributed by atoms with Crippen molar-refractivity contribution in [3.63, 3.8) is 0 Å². The van der Waals surface area contributed by atoms with Crippen molar-refractivity contribution in [1.29, 1.82) is 0 Å². The maximum atomic E-state index is 5.85. The quantitative estimate of drug-likeness (QED) is 0.497. The van der Waals surface area contributed by atoms with Crippen molar-refractivity contribution in [2.75, 3.05) is 32.8 Å². The molecule has 0 saturated carbocycles. The van der Waals surface area contributed by atoms with Gasteiger partial charge in [0.15, 0.2) is 5.96 Å². The van der Waals surface area contributed by atoms with Gasteiger partial charge in [-0.15, -0.1) is 6.42 Å². The summed E-state index contributed by atoms with van der Waals surface area (Å²) in [5, 5.41) is 3.30. The molecule has 0 spiro atoms. The van der Waals surface area contributed by atoms with Crippen molar-refractivity contribution in [2.24, 2.45) is 10.9 Å². The van der Waals surface area contributed by atoms with Crippen molar-refractivity contribution in [3.8, 4) is 12.3 Å². The number of nitrogens with one attached hydrogen (secondary N) is 1. The lowest BCUT2D eigenvalue weighted by Crippen LogP contribution is -2.40. The molecule has 1 saturated heterocycles. The van der Waals surface area contributed by atoms with Crippen molar-refractivity contribution in [3.05, 3.63) is 35.9 Å². The van der Waals surface area contributed by atoms with Gasteiger partial charge in [0.05, 0.1) is 13.2 Å². The lowest BCUT2D eigenvalue weighted by atomic mass is 10.1. The maximum absolute atomic E-state index is 5.85. The van der Waals surface area contributed by atoms with Gasteiger partial charge in [0.2, 0.25) is 0 Å². The fourth-order valence-electron chi connectivity index (χ4n) is 2.63. The summed E-state index contributed by atoms with van der Waals surface area (Å²) in [7, 11) is 0. The molecular weight excluding hydrogens is 274 g/mol. The summed E-state index contributed by atoms with van der Waals surface area (Å²) in [5.41, 5.74) is 1.22. The van der Waals surface area contributed by atoms with Crippen LogP contribution in [0.2, 0.25) is 0 Å². The second kappa shape index (κ2) is 9.11. The number of terminal acetylenes is 1. The van der Waals surface area contributed by atoms with Crippen LogP contribution in [0.15, 0.2) is 35.3 Å². The van der Waals surface area contributed by atoms with E-state index in [1.807, 2.05) is 18.2 Å². The smallest absolute Gasteiger partial charge is 0.194 e. The number of rotatable bonds is 6. The average Bonchev–Trinajstić information content (AvgIpc) is 3.01. The normalized spacial score (nSPS) is 18.3. The van der Waals surface area contributed by atoms with Gasteiger partial charge in [-0.05, 0) is 18.9 Å². The van der Waals surface area contributed by atoms with Crippen LogP contribution in [0.25, 0.3) is 0 Å². The van der Waals surface area contributed by atoms with E-state index in [9.17, 15) is 0 Å². The van der Waals surface area contributed by atoms with Crippen LogP contribution in [0.5, 0.6) is 0 Å². The number of nitrogens with zero attached hydrogens (tertiary/aromatic N) is 2. The molecule has 1 atom stereocenters. The first-order valence-electron chi connectivity index (χ1n) is 7.92. The van der Waals surface area contributed by atoms with Gasteiger partial charge >= 0.3 is 0 Å². The molecule has 0 bridgehead atoms. The molecule has 1 N–H and O–H groups in total. The van der Waals surface area contributed by atoms with Crippen LogP contribution < -0.4 is 5.32 Å². The van der Waals surface area contributed by atoms with Gasteiger partial charge in [0.1, 0.15) is 6.54 Å². The van der Waals surface area contributed by atoms with Gasteiger partial charge in [0.25, 0.3) is 0 Å². The minimum atomic E-state index is 0.425. The molecular formula is C18H25N3O. The Kier molecular flexibility index (Phi) is 6.79. The number of ether oxygens (including phenoxy) is 1. The van der Waals surface area contributed by atoms with Gasteiger partial charge in [-0.1, -0.05) is 36.3 Å². The predicted octanol–water partition coefficient (Wildman–Crippen LogP) is 2.12. The van der Waals surface area contributed by atoms with Crippen molar-refractivity contribution in [2.45, 2.75) is 20.0 Å². The van der Waals surface area contributed by atoms with E-state index >= 15 is 0 Å². The van der Waals surface area contributed by atoms with E-state index in [1.165, 1.54) is 5.56 Å². The minimum absolute atomic E-state index is 0.425. The third-order valence-corrected chi connectivity index (χ3v) is 3.71. The molecule has 4 heteroatoms. The van der Waals surface area contributed by atoms with E-state index in [0.29, 0.717) is 19.1 Å². The summed E-state index contributed by atoms with van der Waals surface area (Å²) in [6.07, 6.45) is 6.43. The minimum Gasteiger partial charge on any atom is -0.376 e. The molecule has 1 heterocycles. The average molecular weight is 299 g/mol. The molecule has 0 aromatic heterocycles. The SMILES string of the molecule is C#CCN=C(NCC)N1CCC(COCc2ccccc2)C1. The first-order chi connectivity index (χ1) is 10.8. The number of aliphatic imine (C=N–C) groups is 1. The molecule has 1 aliphatic rings. The Balaban J connectivity index is 1.76. The lowest BCUT2D eigenvalue weighted by Gasteiger charge is -2.21. The highest BCUT2D eigenvalue weighted by Gasteiger charge is 2.24. The fourth-order valence-corrected chi connectivity index (χ4v) is 2.63. The number of hydrogen-bond donors (Lipinski definition) is 1. The molecule has 118 valence electrons. The first-order valence-corrected chi connectivity index (χ1v) is 7.92. The highest BCUT2D eigenvalue weighted by atomic mass is 16.5. The topological polar surface area (TPSA) is 36.9 Å². The van der Waals surface area contributed by atoms with Gasteiger partial charge in [-0.25, -0.2) is 4.99 Å². The van der Waals surface area contributed by atoms with Crippen molar-refractivity contribution < 1.29 is 4.74 Å². The Morgan fingerprint density at radius 3 is 3.00 bits per heavy atom. The zero-order chi connectivity index (χ0) is 15.6. The molecule has 1 aliphatic heterocycles. The van der Waals surface area contributed by atoms with E-state index in [1.54, 1.807) is 0 Å². The maximum Gasteiger partial charge on any atom is 0.194 e. The first kappa shape index (κ1) is 16.4. The third-order valence-electron chi connectivity index (χ3n) is 3.71. The van der Waals surface area contributed by atoms with Crippen LogP contribution in [-0.4, -0.2) is 43.6 Å². The molecule has 1 fully saturated rings. The summed E-state index contributed by atoms with van der Waals surface area (Å²) in [6, 6.07) is 10.3. The van der Waals surface area contributed by atoms with Crippen molar-refractivity contribution >= 4 is 5.96 Å². The van der Waals surface area contributed by atoms with Crippen LogP contribution in [0.1, 0.15) is 18.9 Å². The largest absolute Gasteiger partial charge is 0.376 e. The van der Waals surface area contributed by atoms with Crippen LogP contribution >= 0.6 is 0 Å². The lowest BCUT2D eigenvalue weighted by molar-refractivity contribution is 0.0907. The highest BCUT2D eigenvalue weighted by molar-refractivity contribution is 5.80. The molecule has 1 unspecified atom stereocenters. The van der Waals surface area contributed by atoms with Gasteiger partial charge in [-0.2, -0.15) is 0 Å². The molecule has 0 radical (unpaired) electrons. The number of guanidine groups is 1. The van der Waals surface area contributed by atoms with E-state index in [-0.39, 0.29) is 0 Å². The Labute approximate surface area is 133 Å². The summed E-state index contributed by atoms with van der Waals surface area (Å²) in [5.74, 6) is 4.04. The molecule has 0 aliphatic carbocycles. The van der Waals surface area contributed by atoms with Crippen LogP contribution in [0, 0.1) is 18.3 Å². The molecule has 4 nitrogen and oxygen atoms in total. The number of likely N-dealkylation sites (tertiary alicyclic amines) is 1. The van der Waals surface area contributed by atoms with Crippen LogP contribution in [0.4, 0.5) is 0 Å². The third kappa shape index (κ3) is 5.09. The number of benzene rings is 1. The van der Waals surface area contributed by atoms with E-state index in [4.69, 9.17) is 11.2 Å². The molecule has 1 aromatic rings. The Bertz CT molecular complexity index is 507. The van der Waals surface area contributed by atoms with E-state index in [0.717, 1.165) is 38.6 Å². The summed E-state index contributed by atoms with van der Waals surface area (Å²) in [6.45, 7) is 6.81. The monoisotopic (exact) mass is 299 g/mol. The summed E-state index contributed by atoms with van der Waals surface area (Å²) >= 11 is 0. The van der Waals surface area contributed by atoms with Crippen LogP contribution in [0.3, 0.4) is 0 Å². The Morgan fingerprint density at radius 1 is 1.45 bits per heavy atom. The molecule has 0 amide bonds. The summed E-state index contributed by atoms with van der Waals surface area (Å²) < 4.78 is 5.85. The van der Waals surface area contributed by atoms with Crippen LogP contribution in [-0.2, 0) is 11.3 Å². The standard InChI is InChI=1S/C18H25N3O/c1-3-11-20-18(19-4-2)21-12-10-17(13-21)15-22-14-16-8-6-5-7-9-16/h1,5-9,17H,4,10-15H2,2H3,(H,19,20). The molecule has 22 heavy (non-hydrogen) atoms.